The fourth-order valence-electron chi connectivity index (χ4n) is 2.87. The number of thiophene rings is 1. The van der Waals surface area contributed by atoms with Crippen molar-refractivity contribution >= 4 is 28.2 Å². The number of ether oxygens (including phenoxy) is 1. The Morgan fingerprint density at radius 2 is 1.83 bits per heavy atom. The maximum Gasteiger partial charge on any atom is 0.341 e. The average molecular weight is 337 g/mol. The minimum absolute atomic E-state index is 0.0324. The highest BCUT2D eigenvalue weighted by Gasteiger charge is 2.27. The van der Waals surface area contributed by atoms with Crippen molar-refractivity contribution in [3.05, 3.63) is 16.0 Å². The minimum atomic E-state index is -0.306. The molecule has 0 atom stereocenters. The molecule has 0 unspecified atom stereocenters. The number of carbonyl (C=O) groups is 2. The molecule has 1 aromatic rings. The van der Waals surface area contributed by atoms with E-state index in [1.54, 1.807) is 11.3 Å². The first kappa shape index (κ1) is 18.0. The number of aryl methyl sites for hydroxylation is 1. The highest BCUT2D eigenvalue weighted by atomic mass is 32.1. The molecule has 1 aliphatic carbocycles. The van der Waals surface area contributed by atoms with Gasteiger partial charge < -0.3 is 10.1 Å². The quantitative estimate of drug-likeness (QED) is 0.632. The van der Waals surface area contributed by atoms with E-state index in [-0.39, 0.29) is 18.0 Å². The number of hydrogen-bond acceptors (Lipinski definition) is 4. The number of hydrogen-bond donors (Lipinski definition) is 1. The van der Waals surface area contributed by atoms with Crippen LogP contribution >= 0.6 is 11.3 Å². The predicted molar refractivity (Wildman–Crippen MR) is 94.2 cm³/mol. The van der Waals surface area contributed by atoms with Gasteiger partial charge in [0.25, 0.3) is 0 Å². The third-order valence-electron chi connectivity index (χ3n) is 3.81. The Kier molecular flexibility index (Phi) is 6.22. The molecule has 0 saturated heterocycles. The van der Waals surface area contributed by atoms with Crippen LogP contribution in [-0.4, -0.2) is 18.0 Å². The second kappa shape index (κ2) is 7.95. The summed E-state index contributed by atoms with van der Waals surface area (Å²) in [6, 6.07) is 0. The summed E-state index contributed by atoms with van der Waals surface area (Å²) in [6.45, 7) is 7.72. The molecule has 2 rings (SSSR count). The summed E-state index contributed by atoms with van der Waals surface area (Å²) >= 11 is 1.55. The zero-order valence-electron chi connectivity index (χ0n) is 14.5. The van der Waals surface area contributed by atoms with Gasteiger partial charge >= 0.3 is 5.97 Å². The van der Waals surface area contributed by atoms with Crippen LogP contribution in [0.4, 0.5) is 5.00 Å². The van der Waals surface area contributed by atoms with Gasteiger partial charge in [0.2, 0.25) is 5.91 Å². The van der Waals surface area contributed by atoms with Crippen molar-refractivity contribution in [2.45, 2.75) is 72.3 Å². The molecule has 0 fully saturated rings. The molecule has 1 amide bonds. The summed E-state index contributed by atoms with van der Waals surface area (Å²) in [4.78, 5) is 25.9. The molecule has 0 bridgehead atoms. The molecule has 23 heavy (non-hydrogen) atoms. The van der Waals surface area contributed by atoms with Crippen LogP contribution < -0.4 is 5.32 Å². The molecule has 0 spiro atoms. The summed E-state index contributed by atoms with van der Waals surface area (Å²) in [5.74, 6) is -0.0481. The summed E-state index contributed by atoms with van der Waals surface area (Å²) in [5, 5.41) is 3.63. The van der Waals surface area contributed by atoms with Crippen molar-refractivity contribution in [3.63, 3.8) is 0 Å². The zero-order chi connectivity index (χ0) is 17.0. The molecule has 0 aromatic carbocycles. The first-order chi connectivity index (χ1) is 10.9. The van der Waals surface area contributed by atoms with Crippen LogP contribution in [0, 0.1) is 5.92 Å². The Hall–Kier alpha value is -1.36. The van der Waals surface area contributed by atoms with Crippen molar-refractivity contribution < 1.29 is 14.3 Å². The van der Waals surface area contributed by atoms with Gasteiger partial charge in [-0.1, -0.05) is 20.3 Å². The van der Waals surface area contributed by atoms with Crippen molar-refractivity contribution in [1.82, 2.24) is 0 Å². The second-order valence-corrected chi connectivity index (χ2v) is 7.97. The highest BCUT2D eigenvalue weighted by Crippen LogP contribution is 2.38. The van der Waals surface area contributed by atoms with Crippen LogP contribution in [0.3, 0.4) is 0 Å². The van der Waals surface area contributed by atoms with E-state index in [2.05, 4.69) is 5.32 Å². The molecule has 4 nitrogen and oxygen atoms in total. The average Bonchev–Trinajstić information content (AvgIpc) is 2.59. The standard InChI is InChI=1S/C18H27NO3S/c1-11(2)10-15(20)19-17-16(18(21)22-12(3)4)13-8-6-5-7-9-14(13)23-17/h11-12H,5-10H2,1-4H3,(H,19,20). The van der Waals surface area contributed by atoms with E-state index in [1.165, 1.54) is 11.3 Å². The summed E-state index contributed by atoms with van der Waals surface area (Å²) in [6.07, 6.45) is 5.60. The third-order valence-corrected chi connectivity index (χ3v) is 5.02. The third kappa shape index (κ3) is 4.80. The summed E-state index contributed by atoms with van der Waals surface area (Å²) < 4.78 is 5.42. The number of amides is 1. The topological polar surface area (TPSA) is 55.4 Å². The largest absolute Gasteiger partial charge is 0.459 e. The van der Waals surface area contributed by atoms with E-state index in [4.69, 9.17) is 4.74 Å². The lowest BCUT2D eigenvalue weighted by Crippen LogP contribution is -2.18. The molecule has 1 heterocycles. The van der Waals surface area contributed by atoms with Crippen LogP contribution in [0.2, 0.25) is 0 Å². The van der Waals surface area contributed by atoms with E-state index in [0.29, 0.717) is 22.9 Å². The first-order valence-corrected chi connectivity index (χ1v) is 9.35. The molecule has 1 aromatic heterocycles. The Morgan fingerprint density at radius 1 is 1.13 bits per heavy atom. The van der Waals surface area contributed by atoms with Gasteiger partial charge in [-0.2, -0.15) is 0 Å². The molecular weight excluding hydrogens is 310 g/mol. The van der Waals surface area contributed by atoms with E-state index >= 15 is 0 Å². The number of fused-ring (bicyclic) bond motifs is 1. The van der Waals surface area contributed by atoms with E-state index in [0.717, 1.165) is 31.2 Å². The first-order valence-electron chi connectivity index (χ1n) is 8.53. The highest BCUT2D eigenvalue weighted by molar-refractivity contribution is 7.17. The molecule has 128 valence electrons. The van der Waals surface area contributed by atoms with Gasteiger partial charge in [-0.05, 0) is 51.0 Å². The molecule has 1 aliphatic rings. The smallest absolute Gasteiger partial charge is 0.341 e. The maximum atomic E-state index is 12.6. The van der Waals surface area contributed by atoms with E-state index in [1.807, 2.05) is 27.7 Å². The zero-order valence-corrected chi connectivity index (χ0v) is 15.3. The monoisotopic (exact) mass is 337 g/mol. The number of carbonyl (C=O) groups excluding carboxylic acids is 2. The maximum absolute atomic E-state index is 12.6. The fourth-order valence-corrected chi connectivity index (χ4v) is 4.16. The molecule has 0 aliphatic heterocycles. The van der Waals surface area contributed by atoms with Gasteiger partial charge in [0.1, 0.15) is 5.00 Å². The van der Waals surface area contributed by atoms with Crippen LogP contribution in [0.15, 0.2) is 0 Å². The van der Waals surface area contributed by atoms with Crippen LogP contribution in [0.5, 0.6) is 0 Å². The SMILES string of the molecule is CC(C)CC(=O)Nc1sc2c(c1C(=O)OC(C)C)CCCCC2. The molecule has 1 N–H and O–H groups in total. The van der Waals surface area contributed by atoms with Gasteiger partial charge in [0, 0.05) is 11.3 Å². The lowest BCUT2D eigenvalue weighted by molar-refractivity contribution is -0.116. The molecule has 0 saturated carbocycles. The van der Waals surface area contributed by atoms with Crippen LogP contribution in [-0.2, 0) is 22.4 Å². The van der Waals surface area contributed by atoms with Gasteiger partial charge in [-0.3, -0.25) is 4.79 Å². The lowest BCUT2D eigenvalue weighted by Gasteiger charge is -2.12. The lowest BCUT2D eigenvalue weighted by atomic mass is 10.1. The summed E-state index contributed by atoms with van der Waals surface area (Å²) in [5.41, 5.74) is 1.69. The van der Waals surface area contributed by atoms with Crippen molar-refractivity contribution in [3.8, 4) is 0 Å². The Bertz CT molecular complexity index is 575. The molecular formula is C18H27NO3S. The number of esters is 1. The van der Waals surface area contributed by atoms with Gasteiger partial charge in [0.05, 0.1) is 11.7 Å². The second-order valence-electron chi connectivity index (χ2n) is 6.87. The fraction of sp³-hybridized carbons (Fsp3) is 0.667. The van der Waals surface area contributed by atoms with E-state index in [9.17, 15) is 9.59 Å². The molecule has 0 radical (unpaired) electrons. The number of anilines is 1. The van der Waals surface area contributed by atoms with Crippen LogP contribution in [0.1, 0.15) is 74.2 Å². The Morgan fingerprint density at radius 3 is 2.48 bits per heavy atom. The summed E-state index contributed by atoms with van der Waals surface area (Å²) in [7, 11) is 0. The van der Waals surface area contributed by atoms with Crippen molar-refractivity contribution in [2.75, 3.05) is 5.32 Å². The van der Waals surface area contributed by atoms with E-state index < -0.39 is 0 Å². The van der Waals surface area contributed by atoms with Crippen molar-refractivity contribution in [1.29, 1.82) is 0 Å². The molecule has 5 heteroatoms. The normalized spacial score (nSPS) is 14.5. The van der Waals surface area contributed by atoms with Gasteiger partial charge in [0.15, 0.2) is 0 Å². The van der Waals surface area contributed by atoms with Gasteiger partial charge in [-0.15, -0.1) is 11.3 Å². The number of rotatable bonds is 5. The number of nitrogens with one attached hydrogen (secondary N) is 1. The Balaban J connectivity index is 2.32. The minimum Gasteiger partial charge on any atom is -0.459 e. The van der Waals surface area contributed by atoms with Crippen LogP contribution in [0.25, 0.3) is 0 Å². The van der Waals surface area contributed by atoms with Gasteiger partial charge in [-0.25, -0.2) is 4.79 Å². The Labute approximate surface area is 142 Å². The van der Waals surface area contributed by atoms with Crippen molar-refractivity contribution in [2.24, 2.45) is 5.92 Å². The predicted octanol–water partition coefficient (Wildman–Crippen LogP) is 4.57.